The maximum atomic E-state index is 3.68. The van der Waals surface area contributed by atoms with Crippen LogP contribution in [-0.4, -0.2) is 12.1 Å². The molecule has 0 aliphatic heterocycles. The van der Waals surface area contributed by atoms with Crippen molar-refractivity contribution in [1.82, 2.24) is 5.32 Å². The summed E-state index contributed by atoms with van der Waals surface area (Å²) in [6.45, 7) is 4.52. The molecule has 1 N–H and O–H groups in total. The van der Waals surface area contributed by atoms with E-state index in [1.165, 1.54) is 32.1 Å². The fourth-order valence-electron chi connectivity index (χ4n) is 3.12. The van der Waals surface area contributed by atoms with Gasteiger partial charge in [0.2, 0.25) is 0 Å². The van der Waals surface area contributed by atoms with Crippen LogP contribution in [-0.2, 0) is 0 Å². The Labute approximate surface area is 75.9 Å². The predicted octanol–water partition coefficient (Wildman–Crippen LogP) is 2.56. The van der Waals surface area contributed by atoms with Crippen molar-refractivity contribution in [3.63, 3.8) is 0 Å². The molecule has 12 heavy (non-hydrogen) atoms. The van der Waals surface area contributed by atoms with E-state index >= 15 is 0 Å². The van der Waals surface area contributed by atoms with Crippen LogP contribution in [0, 0.1) is 11.8 Å². The summed E-state index contributed by atoms with van der Waals surface area (Å²) in [5.41, 5.74) is 0. The highest BCUT2D eigenvalue weighted by Gasteiger charge is 2.33. The van der Waals surface area contributed by atoms with Crippen molar-refractivity contribution >= 4 is 0 Å². The summed E-state index contributed by atoms with van der Waals surface area (Å²) < 4.78 is 0. The van der Waals surface area contributed by atoms with Gasteiger partial charge in [-0.3, -0.25) is 0 Å². The third-order valence-electron chi connectivity index (χ3n) is 3.45. The van der Waals surface area contributed by atoms with Crippen LogP contribution in [0.2, 0.25) is 0 Å². The molecule has 0 aromatic heterocycles. The summed E-state index contributed by atoms with van der Waals surface area (Å²) in [5, 5.41) is 3.68. The molecule has 2 unspecified atom stereocenters. The van der Waals surface area contributed by atoms with E-state index in [0.29, 0.717) is 6.04 Å². The van der Waals surface area contributed by atoms with Crippen LogP contribution in [0.1, 0.15) is 46.0 Å². The standard InChI is InChI=1S/C11H21N/c1-8(2)12-11-6-9-3-4-10(5-9)7-11/h8-12H,3-7H2,1-2H3. The van der Waals surface area contributed by atoms with Gasteiger partial charge < -0.3 is 5.32 Å². The van der Waals surface area contributed by atoms with Crippen LogP contribution < -0.4 is 5.32 Å². The minimum Gasteiger partial charge on any atom is -0.312 e. The molecule has 0 radical (unpaired) electrons. The predicted molar refractivity (Wildman–Crippen MR) is 52.1 cm³/mol. The topological polar surface area (TPSA) is 12.0 Å². The average molecular weight is 167 g/mol. The van der Waals surface area contributed by atoms with Gasteiger partial charge in [-0.05, 0) is 31.1 Å². The monoisotopic (exact) mass is 167 g/mol. The molecule has 2 atom stereocenters. The Balaban J connectivity index is 1.85. The van der Waals surface area contributed by atoms with Gasteiger partial charge in [0, 0.05) is 12.1 Å². The zero-order valence-corrected chi connectivity index (χ0v) is 8.34. The lowest BCUT2D eigenvalue weighted by molar-refractivity contribution is 0.269. The van der Waals surface area contributed by atoms with E-state index in [-0.39, 0.29) is 0 Å². The smallest absolute Gasteiger partial charge is 0.00747 e. The second-order valence-electron chi connectivity index (χ2n) is 5.03. The van der Waals surface area contributed by atoms with E-state index in [0.717, 1.165) is 17.9 Å². The summed E-state index contributed by atoms with van der Waals surface area (Å²) in [6, 6.07) is 1.52. The van der Waals surface area contributed by atoms with Gasteiger partial charge in [0.15, 0.2) is 0 Å². The summed E-state index contributed by atoms with van der Waals surface area (Å²) >= 11 is 0. The Morgan fingerprint density at radius 2 is 1.58 bits per heavy atom. The molecule has 0 amide bonds. The molecule has 0 spiro atoms. The molecule has 2 fully saturated rings. The highest BCUT2D eigenvalue weighted by atomic mass is 14.9. The summed E-state index contributed by atoms with van der Waals surface area (Å²) in [4.78, 5) is 0. The van der Waals surface area contributed by atoms with Crippen molar-refractivity contribution in [2.75, 3.05) is 0 Å². The Morgan fingerprint density at radius 3 is 2.08 bits per heavy atom. The van der Waals surface area contributed by atoms with Gasteiger partial charge in [0.1, 0.15) is 0 Å². The van der Waals surface area contributed by atoms with Gasteiger partial charge in [-0.25, -0.2) is 0 Å². The highest BCUT2D eigenvalue weighted by molar-refractivity contribution is 4.88. The minimum atomic E-state index is 0.674. The van der Waals surface area contributed by atoms with Crippen LogP contribution in [0.3, 0.4) is 0 Å². The first-order valence-electron chi connectivity index (χ1n) is 5.50. The van der Waals surface area contributed by atoms with Crippen LogP contribution >= 0.6 is 0 Å². The first-order valence-corrected chi connectivity index (χ1v) is 5.50. The number of nitrogens with one attached hydrogen (secondary N) is 1. The Morgan fingerprint density at radius 1 is 1.00 bits per heavy atom. The van der Waals surface area contributed by atoms with E-state index in [4.69, 9.17) is 0 Å². The highest BCUT2D eigenvalue weighted by Crippen LogP contribution is 2.41. The Kier molecular flexibility index (Phi) is 2.40. The molecule has 0 heterocycles. The first-order chi connectivity index (χ1) is 5.74. The van der Waals surface area contributed by atoms with Crippen molar-refractivity contribution in [2.24, 2.45) is 11.8 Å². The molecule has 2 aliphatic carbocycles. The molecule has 2 aliphatic rings. The van der Waals surface area contributed by atoms with Gasteiger partial charge in [-0.1, -0.05) is 26.7 Å². The van der Waals surface area contributed by atoms with Crippen molar-refractivity contribution in [2.45, 2.75) is 58.0 Å². The van der Waals surface area contributed by atoms with E-state index in [1.54, 1.807) is 0 Å². The molecule has 0 aromatic rings. The quantitative estimate of drug-likeness (QED) is 0.666. The van der Waals surface area contributed by atoms with Crippen molar-refractivity contribution < 1.29 is 0 Å². The molecular weight excluding hydrogens is 146 g/mol. The fourth-order valence-corrected chi connectivity index (χ4v) is 3.12. The lowest BCUT2D eigenvalue weighted by atomic mass is 9.85. The van der Waals surface area contributed by atoms with E-state index in [1.807, 2.05) is 0 Å². The normalized spacial score (nSPS) is 40.8. The van der Waals surface area contributed by atoms with Crippen LogP contribution in [0.25, 0.3) is 0 Å². The fraction of sp³-hybridized carbons (Fsp3) is 1.00. The molecule has 2 saturated carbocycles. The largest absolute Gasteiger partial charge is 0.312 e. The van der Waals surface area contributed by atoms with Gasteiger partial charge in [-0.2, -0.15) is 0 Å². The molecule has 1 nitrogen and oxygen atoms in total. The van der Waals surface area contributed by atoms with E-state index < -0.39 is 0 Å². The average Bonchev–Trinajstić information content (AvgIpc) is 2.29. The summed E-state index contributed by atoms with van der Waals surface area (Å²) in [5.74, 6) is 2.14. The van der Waals surface area contributed by atoms with Crippen molar-refractivity contribution in [3.8, 4) is 0 Å². The van der Waals surface area contributed by atoms with Crippen LogP contribution in [0.5, 0.6) is 0 Å². The summed E-state index contributed by atoms with van der Waals surface area (Å²) in [6.07, 6.45) is 7.47. The molecule has 0 aromatic carbocycles. The lowest BCUT2D eigenvalue weighted by Gasteiger charge is -2.29. The van der Waals surface area contributed by atoms with Crippen molar-refractivity contribution in [3.05, 3.63) is 0 Å². The number of rotatable bonds is 2. The molecule has 70 valence electrons. The first kappa shape index (κ1) is 8.55. The number of hydrogen-bond acceptors (Lipinski definition) is 1. The van der Waals surface area contributed by atoms with Crippen LogP contribution in [0.4, 0.5) is 0 Å². The minimum absolute atomic E-state index is 0.674. The van der Waals surface area contributed by atoms with Gasteiger partial charge in [-0.15, -0.1) is 0 Å². The van der Waals surface area contributed by atoms with Crippen molar-refractivity contribution in [1.29, 1.82) is 0 Å². The Hall–Kier alpha value is -0.0400. The lowest BCUT2D eigenvalue weighted by Crippen LogP contribution is -2.38. The zero-order chi connectivity index (χ0) is 8.55. The maximum absolute atomic E-state index is 3.68. The molecule has 2 bridgehead atoms. The van der Waals surface area contributed by atoms with E-state index in [9.17, 15) is 0 Å². The second-order valence-corrected chi connectivity index (χ2v) is 5.03. The third kappa shape index (κ3) is 1.82. The Bertz CT molecular complexity index is 141. The number of fused-ring (bicyclic) bond motifs is 2. The third-order valence-corrected chi connectivity index (χ3v) is 3.45. The zero-order valence-electron chi connectivity index (χ0n) is 8.34. The van der Waals surface area contributed by atoms with Gasteiger partial charge >= 0.3 is 0 Å². The summed E-state index contributed by atoms with van der Waals surface area (Å²) in [7, 11) is 0. The SMILES string of the molecule is CC(C)NC1CC2CCC(C2)C1. The van der Waals surface area contributed by atoms with Gasteiger partial charge in [0.05, 0.1) is 0 Å². The molecule has 2 rings (SSSR count). The van der Waals surface area contributed by atoms with Gasteiger partial charge in [0.25, 0.3) is 0 Å². The maximum Gasteiger partial charge on any atom is 0.00747 e. The molecule has 0 saturated heterocycles. The number of hydrogen-bond donors (Lipinski definition) is 1. The molecule has 1 heteroatoms. The van der Waals surface area contributed by atoms with Crippen LogP contribution in [0.15, 0.2) is 0 Å². The molecular formula is C11H21N. The van der Waals surface area contributed by atoms with E-state index in [2.05, 4.69) is 19.2 Å². The second kappa shape index (κ2) is 3.37.